The maximum Gasteiger partial charge on any atom is 0.209 e. The molecule has 1 aromatic carbocycles. The molecular formula is C13H17BrFNO3S. The van der Waals surface area contributed by atoms with E-state index in [0.717, 1.165) is 25.7 Å². The van der Waals surface area contributed by atoms with E-state index < -0.39 is 21.3 Å². The van der Waals surface area contributed by atoms with Gasteiger partial charge < -0.3 is 4.74 Å². The topological polar surface area (TPSA) is 69.4 Å². The van der Waals surface area contributed by atoms with E-state index >= 15 is 0 Å². The maximum atomic E-state index is 13.2. The van der Waals surface area contributed by atoms with Gasteiger partial charge in [0.05, 0.1) is 16.8 Å². The molecule has 0 amide bonds. The molecule has 0 saturated heterocycles. The molecule has 2 rings (SSSR count). The van der Waals surface area contributed by atoms with Gasteiger partial charge in [-0.2, -0.15) is 0 Å². The molecule has 20 heavy (non-hydrogen) atoms. The third-order valence-electron chi connectivity index (χ3n) is 3.60. The van der Waals surface area contributed by atoms with Crippen molar-refractivity contribution in [3.05, 3.63) is 28.5 Å². The summed E-state index contributed by atoms with van der Waals surface area (Å²) in [5.74, 6) is -0.103. The lowest BCUT2D eigenvalue weighted by Crippen LogP contribution is -2.36. The number of hydrogen-bond donors (Lipinski definition) is 1. The summed E-state index contributed by atoms with van der Waals surface area (Å²) in [6.45, 7) is 0.228. The van der Waals surface area contributed by atoms with Crippen molar-refractivity contribution >= 4 is 26.0 Å². The first-order valence-electron chi connectivity index (χ1n) is 6.38. The van der Waals surface area contributed by atoms with E-state index in [1.165, 1.54) is 12.1 Å². The number of benzene rings is 1. The van der Waals surface area contributed by atoms with Crippen LogP contribution in [0.3, 0.4) is 0 Å². The summed E-state index contributed by atoms with van der Waals surface area (Å²) in [6, 6.07) is 4.17. The number of hydrogen-bond acceptors (Lipinski definition) is 3. The maximum absolute atomic E-state index is 13.2. The molecule has 0 aliphatic heterocycles. The zero-order valence-corrected chi connectivity index (χ0v) is 13.3. The normalized spacial score (nSPS) is 18.1. The summed E-state index contributed by atoms with van der Waals surface area (Å²) in [5.41, 5.74) is -0.459. The van der Waals surface area contributed by atoms with Gasteiger partial charge in [-0.05, 0) is 40.9 Å². The largest absolute Gasteiger partial charge is 0.492 e. The minimum Gasteiger partial charge on any atom is -0.492 e. The van der Waals surface area contributed by atoms with Crippen LogP contribution < -0.4 is 9.88 Å². The lowest BCUT2D eigenvalue weighted by molar-refractivity contribution is 0.169. The van der Waals surface area contributed by atoms with Crippen molar-refractivity contribution in [1.29, 1.82) is 0 Å². The molecule has 0 unspecified atom stereocenters. The van der Waals surface area contributed by atoms with Crippen LogP contribution in [0.25, 0.3) is 0 Å². The zero-order chi connectivity index (χ0) is 14.8. The lowest BCUT2D eigenvalue weighted by Gasteiger charge is -2.28. The van der Waals surface area contributed by atoms with E-state index in [1.807, 2.05) is 0 Å². The first kappa shape index (κ1) is 15.7. The Morgan fingerprint density at radius 2 is 2.00 bits per heavy atom. The monoisotopic (exact) mass is 365 g/mol. The van der Waals surface area contributed by atoms with Gasteiger partial charge in [-0.1, -0.05) is 12.8 Å². The summed E-state index contributed by atoms with van der Waals surface area (Å²) in [7, 11) is -3.55. The van der Waals surface area contributed by atoms with Crippen LogP contribution in [-0.2, 0) is 10.0 Å². The van der Waals surface area contributed by atoms with Gasteiger partial charge in [-0.15, -0.1) is 0 Å². The highest BCUT2D eigenvalue weighted by molar-refractivity contribution is 9.10. The summed E-state index contributed by atoms with van der Waals surface area (Å²) < 4.78 is 42.2. The van der Waals surface area contributed by atoms with Crippen LogP contribution in [0.1, 0.15) is 25.7 Å². The fourth-order valence-corrected chi connectivity index (χ4v) is 4.29. The van der Waals surface area contributed by atoms with Crippen LogP contribution in [0.5, 0.6) is 5.75 Å². The van der Waals surface area contributed by atoms with Gasteiger partial charge in [0.15, 0.2) is 0 Å². The molecule has 7 heteroatoms. The number of nitrogens with two attached hydrogens (primary N) is 1. The molecular weight excluding hydrogens is 349 g/mol. The van der Waals surface area contributed by atoms with Crippen LogP contribution in [0.15, 0.2) is 22.7 Å². The molecule has 0 bridgehead atoms. The fraction of sp³-hybridized carbons (Fsp3) is 0.538. The number of rotatable bonds is 5. The molecule has 4 nitrogen and oxygen atoms in total. The summed E-state index contributed by atoms with van der Waals surface area (Å²) in [5, 5.41) is 5.17. The first-order valence-corrected chi connectivity index (χ1v) is 8.89. The van der Waals surface area contributed by atoms with Gasteiger partial charge in [-0.3, -0.25) is 0 Å². The molecule has 1 aromatic rings. The van der Waals surface area contributed by atoms with Crippen molar-refractivity contribution in [3.8, 4) is 5.75 Å². The highest BCUT2D eigenvalue weighted by Gasteiger charge is 2.38. The minimum atomic E-state index is -3.55. The minimum absolute atomic E-state index is 0.0903. The third kappa shape index (κ3) is 4.17. The Kier molecular flexibility index (Phi) is 4.71. The Hall–Kier alpha value is -0.660. The lowest BCUT2D eigenvalue weighted by atomic mass is 9.90. The van der Waals surface area contributed by atoms with Crippen LogP contribution in [0, 0.1) is 11.2 Å². The van der Waals surface area contributed by atoms with Gasteiger partial charge in [0.2, 0.25) is 10.0 Å². The SMILES string of the molecule is NS(=O)(=O)CC1(COc2cc(F)ccc2Br)CCCC1. The molecule has 0 aromatic heterocycles. The average molecular weight is 366 g/mol. The van der Waals surface area contributed by atoms with Gasteiger partial charge in [0.25, 0.3) is 0 Å². The summed E-state index contributed by atoms with van der Waals surface area (Å²) >= 11 is 3.28. The van der Waals surface area contributed by atoms with E-state index in [4.69, 9.17) is 9.88 Å². The second-order valence-corrected chi connectivity index (χ2v) is 7.85. The van der Waals surface area contributed by atoms with E-state index in [-0.39, 0.29) is 12.4 Å². The quantitative estimate of drug-likeness (QED) is 0.871. The molecule has 1 saturated carbocycles. The third-order valence-corrected chi connectivity index (χ3v) is 5.27. The fourth-order valence-electron chi connectivity index (χ4n) is 2.70. The van der Waals surface area contributed by atoms with Gasteiger partial charge in [0, 0.05) is 11.5 Å². The number of halogens is 2. The van der Waals surface area contributed by atoms with E-state index in [0.29, 0.717) is 10.2 Å². The number of primary sulfonamides is 1. The second-order valence-electron chi connectivity index (χ2n) is 5.38. The Balaban J connectivity index is 2.11. The van der Waals surface area contributed by atoms with E-state index in [9.17, 15) is 12.8 Å². The molecule has 2 N–H and O–H groups in total. The number of ether oxygens (including phenoxy) is 1. The second kappa shape index (κ2) is 5.99. The van der Waals surface area contributed by atoms with Crippen molar-refractivity contribution in [2.75, 3.05) is 12.4 Å². The molecule has 1 aliphatic rings. The molecule has 0 spiro atoms. The summed E-state index contributed by atoms with van der Waals surface area (Å²) in [6.07, 6.45) is 3.44. The molecule has 0 radical (unpaired) electrons. The van der Waals surface area contributed by atoms with Gasteiger partial charge in [-0.25, -0.2) is 17.9 Å². The van der Waals surface area contributed by atoms with Crippen molar-refractivity contribution in [2.45, 2.75) is 25.7 Å². The Labute approximate surface area is 126 Å². The smallest absolute Gasteiger partial charge is 0.209 e. The van der Waals surface area contributed by atoms with Crippen molar-refractivity contribution < 1.29 is 17.5 Å². The summed E-state index contributed by atoms with van der Waals surface area (Å²) in [4.78, 5) is 0. The first-order chi connectivity index (χ1) is 9.30. The highest BCUT2D eigenvalue weighted by Crippen LogP contribution is 2.40. The van der Waals surface area contributed by atoms with Crippen LogP contribution >= 0.6 is 15.9 Å². The molecule has 0 heterocycles. The van der Waals surface area contributed by atoms with Crippen LogP contribution in [-0.4, -0.2) is 20.8 Å². The Morgan fingerprint density at radius 3 is 2.60 bits per heavy atom. The number of sulfonamides is 1. The average Bonchev–Trinajstić information content (AvgIpc) is 2.77. The van der Waals surface area contributed by atoms with Gasteiger partial charge >= 0.3 is 0 Å². The van der Waals surface area contributed by atoms with Crippen LogP contribution in [0.2, 0.25) is 0 Å². The predicted molar refractivity (Wildman–Crippen MR) is 78.5 cm³/mol. The highest BCUT2D eigenvalue weighted by atomic mass is 79.9. The van der Waals surface area contributed by atoms with E-state index in [1.54, 1.807) is 6.07 Å². The zero-order valence-electron chi connectivity index (χ0n) is 10.9. The van der Waals surface area contributed by atoms with Crippen molar-refractivity contribution in [3.63, 3.8) is 0 Å². The Morgan fingerprint density at radius 1 is 1.35 bits per heavy atom. The Bertz CT molecular complexity index is 585. The van der Waals surface area contributed by atoms with Gasteiger partial charge in [0.1, 0.15) is 11.6 Å². The predicted octanol–water partition coefficient (Wildman–Crippen LogP) is 2.82. The van der Waals surface area contributed by atoms with Crippen molar-refractivity contribution in [1.82, 2.24) is 0 Å². The molecule has 1 fully saturated rings. The van der Waals surface area contributed by atoms with E-state index in [2.05, 4.69) is 15.9 Å². The molecule has 1 aliphatic carbocycles. The van der Waals surface area contributed by atoms with Crippen LogP contribution in [0.4, 0.5) is 4.39 Å². The molecule has 112 valence electrons. The molecule has 0 atom stereocenters. The van der Waals surface area contributed by atoms with Crippen molar-refractivity contribution in [2.24, 2.45) is 10.6 Å². The standard InChI is InChI=1S/C13H17BrFNO3S/c14-11-4-3-10(15)7-12(11)19-8-13(5-1-2-6-13)9-20(16,17)18/h3-4,7H,1-2,5-6,8-9H2,(H2,16,17,18).